The van der Waals surface area contributed by atoms with Gasteiger partial charge in [0.15, 0.2) is 0 Å². The van der Waals surface area contributed by atoms with Gasteiger partial charge in [-0.2, -0.15) is 0 Å². The number of hydrogen-bond donors (Lipinski definition) is 0. The second kappa shape index (κ2) is 4.20. The smallest absolute Gasteiger partial charge is 0.0120 e. The highest BCUT2D eigenvalue weighted by Gasteiger charge is 2.11. The van der Waals surface area contributed by atoms with Crippen LogP contribution in [0.3, 0.4) is 0 Å². The van der Waals surface area contributed by atoms with Crippen LogP contribution in [0.1, 0.15) is 11.1 Å². The summed E-state index contributed by atoms with van der Waals surface area (Å²) in [5.41, 5.74) is 3.06. The van der Waals surface area contributed by atoms with Gasteiger partial charge in [0.25, 0.3) is 0 Å². The fourth-order valence-electron chi connectivity index (χ4n) is 2.19. The SMILES string of the molecule is Cl.Cl.c1cc2c3c(cccc3c1)CC2. The number of benzene rings is 2. The van der Waals surface area contributed by atoms with Crippen LogP contribution in [0.15, 0.2) is 36.4 Å². The first-order valence-electron chi connectivity index (χ1n) is 4.45. The van der Waals surface area contributed by atoms with Crippen LogP contribution >= 0.6 is 24.8 Å². The standard InChI is InChI=1S/C12H10.2ClH/c1-3-9-4-2-6-11-8-7-10(5-1)12(9)11;;/h1-6H,7-8H2;2*1H. The van der Waals surface area contributed by atoms with E-state index in [1.165, 1.54) is 34.7 Å². The van der Waals surface area contributed by atoms with E-state index in [0.717, 1.165) is 0 Å². The average Bonchev–Trinajstić information content (AvgIpc) is 2.52. The monoisotopic (exact) mass is 226 g/mol. The summed E-state index contributed by atoms with van der Waals surface area (Å²) in [6.45, 7) is 0. The molecule has 1 aliphatic carbocycles. The minimum absolute atomic E-state index is 0. The summed E-state index contributed by atoms with van der Waals surface area (Å²) in [4.78, 5) is 0. The summed E-state index contributed by atoms with van der Waals surface area (Å²) >= 11 is 0. The molecule has 2 heteroatoms. The van der Waals surface area contributed by atoms with Gasteiger partial charge < -0.3 is 0 Å². The van der Waals surface area contributed by atoms with Crippen molar-refractivity contribution < 1.29 is 0 Å². The molecule has 2 aromatic rings. The molecule has 0 fully saturated rings. The third kappa shape index (κ3) is 1.49. The van der Waals surface area contributed by atoms with Crippen molar-refractivity contribution >= 4 is 35.6 Å². The maximum Gasteiger partial charge on any atom is -0.0120 e. The Balaban J connectivity index is 0.000000490. The molecule has 0 aromatic heterocycles. The normalized spacial score (nSPS) is 12.0. The molecule has 0 saturated carbocycles. The van der Waals surface area contributed by atoms with Crippen LogP contribution in [0, 0.1) is 0 Å². The minimum atomic E-state index is 0. The Hall–Kier alpha value is -0.720. The molecule has 0 radical (unpaired) electrons. The van der Waals surface area contributed by atoms with Crippen molar-refractivity contribution in [1.82, 2.24) is 0 Å². The molecule has 0 heterocycles. The molecule has 14 heavy (non-hydrogen) atoms. The van der Waals surface area contributed by atoms with E-state index in [1.807, 2.05) is 0 Å². The number of halogens is 2. The second-order valence-corrected chi connectivity index (χ2v) is 3.43. The van der Waals surface area contributed by atoms with Crippen LogP contribution in [0.2, 0.25) is 0 Å². The molecule has 0 amide bonds. The van der Waals surface area contributed by atoms with Gasteiger partial charge in [-0.3, -0.25) is 0 Å². The van der Waals surface area contributed by atoms with E-state index in [1.54, 1.807) is 0 Å². The van der Waals surface area contributed by atoms with Crippen LogP contribution in [-0.4, -0.2) is 0 Å². The van der Waals surface area contributed by atoms with E-state index >= 15 is 0 Å². The molecule has 0 nitrogen and oxygen atoms in total. The van der Waals surface area contributed by atoms with Gasteiger partial charge in [0.05, 0.1) is 0 Å². The lowest BCUT2D eigenvalue weighted by atomic mass is 10.1. The van der Waals surface area contributed by atoms with Gasteiger partial charge in [-0.05, 0) is 34.7 Å². The molecule has 0 saturated heterocycles. The summed E-state index contributed by atoms with van der Waals surface area (Å²) in [6, 6.07) is 13.2. The molecule has 0 atom stereocenters. The Kier molecular flexibility index (Phi) is 3.41. The zero-order valence-corrected chi connectivity index (χ0v) is 9.33. The molecule has 0 spiro atoms. The number of hydrogen-bond acceptors (Lipinski definition) is 0. The first-order chi connectivity index (χ1) is 5.95. The van der Waals surface area contributed by atoms with Crippen molar-refractivity contribution in [1.29, 1.82) is 0 Å². The highest BCUT2D eigenvalue weighted by molar-refractivity contribution is 5.90. The number of rotatable bonds is 0. The Labute approximate surface area is 96.1 Å². The van der Waals surface area contributed by atoms with E-state index in [0.29, 0.717) is 0 Å². The van der Waals surface area contributed by atoms with Gasteiger partial charge in [0.1, 0.15) is 0 Å². The van der Waals surface area contributed by atoms with Crippen molar-refractivity contribution in [3.05, 3.63) is 47.5 Å². The number of aryl methyl sites for hydroxylation is 2. The van der Waals surface area contributed by atoms with Crippen molar-refractivity contribution in [2.24, 2.45) is 0 Å². The van der Waals surface area contributed by atoms with Crippen molar-refractivity contribution in [2.75, 3.05) is 0 Å². The van der Waals surface area contributed by atoms with Gasteiger partial charge in [-0.1, -0.05) is 36.4 Å². The quantitative estimate of drug-likeness (QED) is 0.642. The summed E-state index contributed by atoms with van der Waals surface area (Å²) in [6.07, 6.45) is 2.47. The van der Waals surface area contributed by atoms with E-state index in [4.69, 9.17) is 0 Å². The maximum atomic E-state index is 2.25. The predicted octanol–water partition coefficient (Wildman–Crippen LogP) is 3.78. The Morgan fingerprint density at radius 2 is 1.21 bits per heavy atom. The molecule has 0 unspecified atom stereocenters. The molecule has 0 N–H and O–H groups in total. The largest absolute Gasteiger partial charge is 0.147 e. The summed E-state index contributed by atoms with van der Waals surface area (Å²) in [7, 11) is 0. The van der Waals surface area contributed by atoms with Crippen molar-refractivity contribution in [3.8, 4) is 0 Å². The third-order valence-electron chi connectivity index (χ3n) is 2.74. The lowest BCUT2D eigenvalue weighted by molar-refractivity contribution is 1.02. The lowest BCUT2D eigenvalue weighted by Crippen LogP contribution is -1.76. The van der Waals surface area contributed by atoms with Crippen LogP contribution < -0.4 is 0 Å². The first-order valence-corrected chi connectivity index (χ1v) is 4.45. The van der Waals surface area contributed by atoms with Crippen LogP contribution in [-0.2, 0) is 12.8 Å². The molecule has 74 valence electrons. The maximum absolute atomic E-state index is 2.25. The van der Waals surface area contributed by atoms with Gasteiger partial charge in [-0.15, -0.1) is 24.8 Å². The summed E-state index contributed by atoms with van der Waals surface area (Å²) in [5, 5.41) is 2.92. The average molecular weight is 227 g/mol. The topological polar surface area (TPSA) is 0 Å². The Morgan fingerprint density at radius 1 is 0.714 bits per heavy atom. The van der Waals surface area contributed by atoms with Crippen LogP contribution in [0.5, 0.6) is 0 Å². The lowest BCUT2D eigenvalue weighted by Gasteiger charge is -1.99. The highest BCUT2D eigenvalue weighted by atomic mass is 35.5. The zero-order chi connectivity index (χ0) is 7.97. The molecule has 0 aliphatic heterocycles. The fraction of sp³-hybridized carbons (Fsp3) is 0.167. The van der Waals surface area contributed by atoms with Gasteiger partial charge in [0, 0.05) is 0 Å². The minimum Gasteiger partial charge on any atom is -0.147 e. The van der Waals surface area contributed by atoms with Crippen LogP contribution in [0.4, 0.5) is 0 Å². The third-order valence-corrected chi connectivity index (χ3v) is 2.74. The van der Waals surface area contributed by atoms with Gasteiger partial charge in [-0.25, -0.2) is 0 Å². The summed E-state index contributed by atoms with van der Waals surface area (Å²) in [5.74, 6) is 0. The highest BCUT2D eigenvalue weighted by Crippen LogP contribution is 2.29. The first kappa shape index (κ1) is 11.4. The van der Waals surface area contributed by atoms with Gasteiger partial charge >= 0.3 is 0 Å². The van der Waals surface area contributed by atoms with Crippen molar-refractivity contribution in [3.63, 3.8) is 0 Å². The second-order valence-electron chi connectivity index (χ2n) is 3.43. The van der Waals surface area contributed by atoms with Crippen LogP contribution in [0.25, 0.3) is 10.8 Å². The Bertz CT molecular complexity index is 410. The fourth-order valence-corrected chi connectivity index (χ4v) is 2.19. The Morgan fingerprint density at radius 3 is 1.71 bits per heavy atom. The zero-order valence-electron chi connectivity index (χ0n) is 7.69. The van der Waals surface area contributed by atoms with E-state index < -0.39 is 0 Å². The van der Waals surface area contributed by atoms with E-state index in [9.17, 15) is 0 Å². The van der Waals surface area contributed by atoms with E-state index in [-0.39, 0.29) is 24.8 Å². The molecule has 2 aromatic carbocycles. The summed E-state index contributed by atoms with van der Waals surface area (Å²) < 4.78 is 0. The van der Waals surface area contributed by atoms with E-state index in [2.05, 4.69) is 36.4 Å². The molecular weight excluding hydrogens is 215 g/mol. The van der Waals surface area contributed by atoms with Crippen molar-refractivity contribution in [2.45, 2.75) is 12.8 Å². The molecule has 1 aliphatic rings. The molecular formula is C12H12Cl2. The molecule has 3 rings (SSSR count). The van der Waals surface area contributed by atoms with Gasteiger partial charge in [0.2, 0.25) is 0 Å². The molecule has 0 bridgehead atoms. The predicted molar refractivity (Wildman–Crippen MR) is 65.9 cm³/mol.